The third-order valence-corrected chi connectivity index (χ3v) is 2.09. The minimum atomic E-state index is -0.197. The van der Waals surface area contributed by atoms with Crippen molar-refractivity contribution in [3.63, 3.8) is 0 Å². The molecule has 20 heavy (non-hydrogen) atoms. The van der Waals surface area contributed by atoms with Gasteiger partial charge in [0, 0.05) is 0 Å². The van der Waals surface area contributed by atoms with Gasteiger partial charge < -0.3 is 19.0 Å². The van der Waals surface area contributed by atoms with Crippen molar-refractivity contribution in [1.82, 2.24) is 0 Å². The van der Waals surface area contributed by atoms with E-state index < -0.39 is 0 Å². The second-order valence-corrected chi connectivity index (χ2v) is 3.42. The summed E-state index contributed by atoms with van der Waals surface area (Å²) in [6.07, 6.45) is 2.62. The molecule has 0 radical (unpaired) electrons. The summed E-state index contributed by atoms with van der Waals surface area (Å²) in [7, 11) is 0. The van der Waals surface area contributed by atoms with Crippen molar-refractivity contribution < 1.29 is 49.7 Å². The predicted molar refractivity (Wildman–Crippen MR) is 61.0 cm³/mol. The summed E-state index contributed by atoms with van der Waals surface area (Å²) in [5.41, 5.74) is -0.308. The molecule has 7 nitrogen and oxygen atoms in total. The molecule has 107 valence electrons. The molecule has 0 bridgehead atoms. The zero-order valence-electron chi connectivity index (χ0n) is 10.8. The summed E-state index contributed by atoms with van der Waals surface area (Å²) in [5, 5.41) is 17.7. The molecular formula is C12H14O7V+2. The molecule has 0 amide bonds. The molecule has 2 aromatic heterocycles. The van der Waals surface area contributed by atoms with Crippen molar-refractivity contribution in [3.05, 3.63) is 47.0 Å². The van der Waals surface area contributed by atoms with Crippen LogP contribution in [0.3, 0.4) is 0 Å². The average molecular weight is 321 g/mol. The van der Waals surface area contributed by atoms with Gasteiger partial charge in [-0.25, -0.2) is 0 Å². The minimum absolute atomic E-state index is 0.154. The van der Waals surface area contributed by atoms with Gasteiger partial charge in [-0.2, -0.15) is 0 Å². The van der Waals surface area contributed by atoms with Gasteiger partial charge in [0.05, 0.1) is 12.1 Å². The van der Waals surface area contributed by atoms with Gasteiger partial charge in [0.25, 0.3) is 11.5 Å². The third kappa shape index (κ3) is 5.25. The molecule has 0 unspecified atom stereocenters. The summed E-state index contributed by atoms with van der Waals surface area (Å²) in [6, 6.07) is 2.56. The SMILES string of the molecule is Cc1occc(=[OH+])c1O.Cc1occc(=[OH+])c1O.[O]=[V]. The van der Waals surface area contributed by atoms with Crippen LogP contribution in [-0.4, -0.2) is 19.8 Å². The number of rotatable bonds is 0. The van der Waals surface area contributed by atoms with E-state index in [9.17, 15) is 0 Å². The van der Waals surface area contributed by atoms with Gasteiger partial charge in [0.2, 0.25) is 0 Å². The molecule has 8 heteroatoms. The quantitative estimate of drug-likeness (QED) is 0.682. The molecule has 0 aliphatic heterocycles. The molecule has 0 fully saturated rings. The van der Waals surface area contributed by atoms with Crippen LogP contribution in [0.5, 0.6) is 11.5 Å². The van der Waals surface area contributed by atoms with Gasteiger partial charge in [0.15, 0.2) is 11.5 Å². The first-order valence-electron chi connectivity index (χ1n) is 5.20. The molecule has 0 aliphatic carbocycles. The van der Waals surface area contributed by atoms with Crippen LogP contribution in [0.2, 0.25) is 0 Å². The second-order valence-electron chi connectivity index (χ2n) is 3.42. The molecule has 0 spiro atoms. The van der Waals surface area contributed by atoms with Crippen LogP contribution in [0.4, 0.5) is 0 Å². The number of aryl methyl sites for hydroxylation is 2. The fourth-order valence-electron chi connectivity index (χ4n) is 1.03. The van der Waals surface area contributed by atoms with E-state index in [1.165, 1.54) is 24.7 Å². The molecular weight excluding hydrogens is 307 g/mol. The van der Waals surface area contributed by atoms with Crippen molar-refractivity contribution in [3.8, 4) is 11.5 Å². The van der Waals surface area contributed by atoms with Gasteiger partial charge in [-0.3, -0.25) is 9.59 Å². The Morgan fingerprint density at radius 3 is 1.40 bits per heavy atom. The van der Waals surface area contributed by atoms with E-state index in [-0.39, 0.29) is 22.4 Å². The molecule has 0 aromatic carbocycles. The number of hydrogen-bond acceptors (Lipinski definition) is 5. The Labute approximate surface area is 122 Å². The molecule has 2 aromatic rings. The summed E-state index contributed by atoms with van der Waals surface area (Å²) in [4.78, 5) is 17.6. The topological polar surface area (TPSA) is 127 Å². The van der Waals surface area contributed by atoms with E-state index in [1.807, 2.05) is 0 Å². The molecule has 0 aliphatic rings. The summed E-state index contributed by atoms with van der Waals surface area (Å²) < 4.78 is 17.6. The van der Waals surface area contributed by atoms with Crippen molar-refractivity contribution in [2.75, 3.05) is 0 Å². The van der Waals surface area contributed by atoms with E-state index in [0.717, 1.165) is 17.4 Å². The van der Waals surface area contributed by atoms with E-state index in [1.54, 1.807) is 13.8 Å². The van der Waals surface area contributed by atoms with Crippen LogP contribution >= 0.6 is 0 Å². The van der Waals surface area contributed by atoms with Gasteiger partial charge in [-0.05, 0) is 13.8 Å². The molecule has 4 N–H and O–H groups in total. The van der Waals surface area contributed by atoms with Crippen LogP contribution < -0.4 is 10.9 Å². The maximum absolute atomic E-state index is 8.86. The fourth-order valence-corrected chi connectivity index (χ4v) is 1.03. The molecule has 0 saturated heterocycles. The third-order valence-electron chi connectivity index (χ3n) is 2.09. The summed E-state index contributed by atoms with van der Waals surface area (Å²) in [6.45, 7) is 3.13. The Bertz CT molecular complexity index is 602. The number of aromatic hydroxyl groups is 2. The van der Waals surface area contributed by atoms with Crippen LogP contribution in [0.25, 0.3) is 0 Å². The molecule has 0 saturated carbocycles. The normalized spacial score (nSPS) is 8.65. The van der Waals surface area contributed by atoms with Crippen LogP contribution in [0.15, 0.2) is 33.5 Å². The average Bonchev–Trinajstić information content (AvgIpc) is 2.45. The van der Waals surface area contributed by atoms with Gasteiger partial charge in [-0.1, -0.05) is 0 Å². The maximum atomic E-state index is 8.86. The van der Waals surface area contributed by atoms with Gasteiger partial charge >= 0.3 is 31.9 Å². The van der Waals surface area contributed by atoms with E-state index in [4.69, 9.17) is 32.3 Å². The van der Waals surface area contributed by atoms with Gasteiger partial charge in [-0.15, -0.1) is 0 Å². The number of hydrogen-bond donors (Lipinski definition) is 2. The zero-order chi connectivity index (χ0) is 15.7. The first-order valence-corrected chi connectivity index (χ1v) is 5.77. The van der Waals surface area contributed by atoms with E-state index in [0.29, 0.717) is 11.5 Å². The Morgan fingerprint density at radius 2 is 1.20 bits per heavy atom. The zero-order valence-corrected chi connectivity index (χ0v) is 12.2. The summed E-state index contributed by atoms with van der Waals surface area (Å²) in [5.74, 6) is 0.236. The predicted octanol–water partition coefficient (Wildman–Crippen LogP) is 0.475. The monoisotopic (exact) mass is 321 g/mol. The van der Waals surface area contributed by atoms with E-state index >= 15 is 0 Å². The van der Waals surface area contributed by atoms with E-state index in [2.05, 4.69) is 0 Å². The standard InChI is InChI=1S/2C6H6O3.O.V/c2*1-4-6(8)5(7)2-3-9-4;;/h2*2-3,8H,1H3;;/p+2. The Morgan fingerprint density at radius 1 is 0.900 bits per heavy atom. The Hall–Kier alpha value is -2.12. The van der Waals surface area contributed by atoms with Crippen molar-refractivity contribution in [2.24, 2.45) is 0 Å². The van der Waals surface area contributed by atoms with Crippen molar-refractivity contribution in [1.29, 1.82) is 0 Å². The van der Waals surface area contributed by atoms with Crippen LogP contribution in [0.1, 0.15) is 11.5 Å². The summed E-state index contributed by atoms with van der Waals surface area (Å²) >= 11 is 1.06. The first kappa shape index (κ1) is 17.9. The molecule has 2 heterocycles. The first-order chi connectivity index (χ1) is 9.43. The van der Waals surface area contributed by atoms with Crippen LogP contribution in [-0.2, 0) is 21.0 Å². The Kier molecular flexibility index (Phi) is 7.95. The van der Waals surface area contributed by atoms with Gasteiger partial charge in [0.1, 0.15) is 12.5 Å². The van der Waals surface area contributed by atoms with Crippen LogP contribution in [0, 0.1) is 13.8 Å². The van der Waals surface area contributed by atoms with Crippen molar-refractivity contribution >= 4 is 0 Å². The Balaban J connectivity index is 0.000000321. The molecule has 2 rings (SSSR count). The second kappa shape index (κ2) is 8.90. The molecule has 0 atom stereocenters. The van der Waals surface area contributed by atoms with Crippen molar-refractivity contribution in [2.45, 2.75) is 13.8 Å². The fraction of sp³-hybridized carbons (Fsp3) is 0.167.